The van der Waals surface area contributed by atoms with E-state index in [2.05, 4.69) is 23.2 Å². The van der Waals surface area contributed by atoms with Crippen LogP contribution < -0.4 is 5.73 Å². The number of aromatic nitrogens is 1. The molecule has 0 atom stereocenters. The molecule has 0 aliphatic heterocycles. The topological polar surface area (TPSA) is 38.9 Å². The summed E-state index contributed by atoms with van der Waals surface area (Å²) in [5.74, 6) is 0. The number of nitrogens with two attached hydrogens (primary N) is 1. The zero-order valence-electron chi connectivity index (χ0n) is 8.85. The molecular weight excluding hydrogens is 196 g/mol. The molecule has 0 saturated carbocycles. The van der Waals surface area contributed by atoms with Gasteiger partial charge in [0, 0.05) is 17.3 Å². The molecule has 3 aromatic rings. The van der Waals surface area contributed by atoms with Crippen LogP contribution in [0.2, 0.25) is 0 Å². The summed E-state index contributed by atoms with van der Waals surface area (Å²) in [5.41, 5.74) is 8.86. The molecule has 2 heteroatoms. The van der Waals surface area contributed by atoms with E-state index in [0.29, 0.717) is 6.54 Å². The van der Waals surface area contributed by atoms with Crippen LogP contribution >= 0.6 is 0 Å². The highest BCUT2D eigenvalue weighted by atomic mass is 14.7. The Morgan fingerprint density at radius 1 is 0.938 bits per heavy atom. The first-order chi connectivity index (χ1) is 7.88. The zero-order chi connectivity index (χ0) is 11.0. The van der Waals surface area contributed by atoms with Crippen molar-refractivity contribution in [2.75, 3.05) is 0 Å². The number of hydrogen-bond acceptors (Lipinski definition) is 2. The third kappa shape index (κ3) is 1.35. The third-order valence-electron chi connectivity index (χ3n) is 2.85. The quantitative estimate of drug-likeness (QED) is 0.624. The van der Waals surface area contributed by atoms with Crippen LogP contribution in [-0.2, 0) is 6.54 Å². The summed E-state index contributed by atoms with van der Waals surface area (Å²) < 4.78 is 0. The van der Waals surface area contributed by atoms with Crippen LogP contribution in [0.25, 0.3) is 21.8 Å². The largest absolute Gasteiger partial charge is 0.326 e. The van der Waals surface area contributed by atoms with E-state index in [9.17, 15) is 0 Å². The molecule has 2 nitrogen and oxygen atoms in total. The van der Waals surface area contributed by atoms with E-state index in [1.54, 1.807) is 0 Å². The third-order valence-corrected chi connectivity index (χ3v) is 2.85. The van der Waals surface area contributed by atoms with Gasteiger partial charge in [-0.25, -0.2) is 4.98 Å². The average molecular weight is 208 g/mol. The fourth-order valence-electron chi connectivity index (χ4n) is 2.03. The first kappa shape index (κ1) is 9.31. The van der Waals surface area contributed by atoms with Crippen LogP contribution in [-0.4, -0.2) is 4.98 Å². The van der Waals surface area contributed by atoms with E-state index in [1.165, 1.54) is 5.39 Å². The number of pyridine rings is 1. The maximum atomic E-state index is 5.72. The number of hydrogen-bond donors (Lipinski definition) is 1. The van der Waals surface area contributed by atoms with Crippen molar-refractivity contribution < 1.29 is 0 Å². The second-order valence-electron chi connectivity index (χ2n) is 3.87. The first-order valence-corrected chi connectivity index (χ1v) is 5.36. The minimum Gasteiger partial charge on any atom is -0.326 e. The molecule has 0 amide bonds. The molecule has 0 fully saturated rings. The lowest BCUT2D eigenvalue weighted by atomic mass is 10.1. The molecule has 0 aliphatic rings. The summed E-state index contributed by atoms with van der Waals surface area (Å²) >= 11 is 0. The molecule has 0 spiro atoms. The van der Waals surface area contributed by atoms with E-state index in [1.807, 2.05) is 30.3 Å². The molecular formula is C14H12N2. The monoisotopic (exact) mass is 208 g/mol. The predicted octanol–water partition coefficient (Wildman–Crippen LogP) is 2.85. The van der Waals surface area contributed by atoms with Crippen LogP contribution in [0.5, 0.6) is 0 Å². The Hall–Kier alpha value is -1.93. The van der Waals surface area contributed by atoms with E-state index in [-0.39, 0.29) is 0 Å². The van der Waals surface area contributed by atoms with Crippen molar-refractivity contribution in [2.45, 2.75) is 6.54 Å². The fraction of sp³-hybridized carbons (Fsp3) is 0.0714. The van der Waals surface area contributed by atoms with Gasteiger partial charge in [0.15, 0.2) is 0 Å². The molecule has 1 aromatic heterocycles. The number of fused-ring (bicyclic) bond motifs is 2. The van der Waals surface area contributed by atoms with E-state index in [4.69, 9.17) is 5.73 Å². The van der Waals surface area contributed by atoms with Gasteiger partial charge in [-0.15, -0.1) is 0 Å². The summed E-state index contributed by atoms with van der Waals surface area (Å²) in [5, 5.41) is 2.32. The van der Waals surface area contributed by atoms with Crippen molar-refractivity contribution in [3.63, 3.8) is 0 Å². The lowest BCUT2D eigenvalue weighted by Crippen LogP contribution is -1.98. The van der Waals surface area contributed by atoms with Crippen molar-refractivity contribution in [1.82, 2.24) is 4.98 Å². The van der Waals surface area contributed by atoms with Gasteiger partial charge in [0.25, 0.3) is 0 Å². The minimum absolute atomic E-state index is 0.530. The maximum Gasteiger partial charge on any atom is 0.0754 e. The van der Waals surface area contributed by atoms with E-state index in [0.717, 1.165) is 22.0 Å². The molecule has 0 saturated heterocycles. The fourth-order valence-corrected chi connectivity index (χ4v) is 2.03. The number of rotatable bonds is 1. The van der Waals surface area contributed by atoms with E-state index >= 15 is 0 Å². The maximum absolute atomic E-state index is 5.72. The summed E-state index contributed by atoms with van der Waals surface area (Å²) in [7, 11) is 0. The molecule has 0 bridgehead atoms. The molecule has 0 aliphatic carbocycles. The lowest BCUT2D eigenvalue weighted by molar-refractivity contribution is 1.08. The molecule has 16 heavy (non-hydrogen) atoms. The van der Waals surface area contributed by atoms with Gasteiger partial charge in [0.2, 0.25) is 0 Å². The Bertz CT molecular complexity index is 659. The highest BCUT2D eigenvalue weighted by Gasteiger charge is 2.02. The van der Waals surface area contributed by atoms with Gasteiger partial charge in [-0.3, -0.25) is 0 Å². The standard InChI is InChI=1S/C14H12N2/c15-9-12-6-3-5-11-8-10-4-1-2-7-13(10)16-14(11)12/h1-8H,9,15H2. The molecule has 2 N–H and O–H groups in total. The van der Waals surface area contributed by atoms with Crippen LogP contribution in [0.3, 0.4) is 0 Å². The smallest absolute Gasteiger partial charge is 0.0754 e. The van der Waals surface area contributed by atoms with Crippen molar-refractivity contribution in [1.29, 1.82) is 0 Å². The molecule has 0 radical (unpaired) electrons. The Kier molecular flexibility index (Phi) is 2.08. The minimum atomic E-state index is 0.530. The Morgan fingerprint density at radius 2 is 1.75 bits per heavy atom. The summed E-state index contributed by atoms with van der Waals surface area (Å²) in [4.78, 5) is 4.67. The summed E-state index contributed by atoms with van der Waals surface area (Å²) in [6.45, 7) is 0.530. The number of benzene rings is 2. The van der Waals surface area contributed by atoms with Crippen molar-refractivity contribution in [2.24, 2.45) is 5.73 Å². The predicted molar refractivity (Wildman–Crippen MR) is 67.1 cm³/mol. The number of nitrogens with zero attached hydrogens (tertiary/aromatic N) is 1. The van der Waals surface area contributed by atoms with Crippen LogP contribution in [0.1, 0.15) is 5.56 Å². The van der Waals surface area contributed by atoms with Crippen molar-refractivity contribution in [3.8, 4) is 0 Å². The summed E-state index contributed by atoms with van der Waals surface area (Å²) in [6, 6.07) is 16.4. The lowest BCUT2D eigenvalue weighted by Gasteiger charge is -2.05. The van der Waals surface area contributed by atoms with Gasteiger partial charge < -0.3 is 5.73 Å². The van der Waals surface area contributed by atoms with Crippen LogP contribution in [0.4, 0.5) is 0 Å². The van der Waals surface area contributed by atoms with Gasteiger partial charge in [-0.05, 0) is 17.7 Å². The van der Waals surface area contributed by atoms with Gasteiger partial charge in [0.05, 0.1) is 11.0 Å². The van der Waals surface area contributed by atoms with E-state index < -0.39 is 0 Å². The molecule has 3 rings (SSSR count). The Labute approximate surface area is 93.7 Å². The van der Waals surface area contributed by atoms with Crippen LogP contribution in [0, 0.1) is 0 Å². The highest BCUT2D eigenvalue weighted by molar-refractivity contribution is 5.93. The van der Waals surface area contributed by atoms with Gasteiger partial charge in [-0.2, -0.15) is 0 Å². The molecule has 0 unspecified atom stereocenters. The zero-order valence-corrected chi connectivity index (χ0v) is 8.85. The van der Waals surface area contributed by atoms with Crippen molar-refractivity contribution >= 4 is 21.8 Å². The van der Waals surface area contributed by atoms with Crippen LogP contribution in [0.15, 0.2) is 48.5 Å². The van der Waals surface area contributed by atoms with Gasteiger partial charge >= 0.3 is 0 Å². The second kappa shape index (κ2) is 3.58. The molecule has 2 aromatic carbocycles. The normalized spacial score (nSPS) is 11.1. The number of para-hydroxylation sites is 2. The average Bonchev–Trinajstić information content (AvgIpc) is 2.35. The molecule has 1 heterocycles. The van der Waals surface area contributed by atoms with Gasteiger partial charge in [-0.1, -0.05) is 36.4 Å². The summed E-state index contributed by atoms with van der Waals surface area (Å²) in [6.07, 6.45) is 0. The first-order valence-electron chi connectivity index (χ1n) is 5.36. The molecule has 78 valence electrons. The SMILES string of the molecule is NCc1cccc2cc3ccccc3nc12. The Balaban J connectivity index is 2.46. The van der Waals surface area contributed by atoms with Crippen molar-refractivity contribution in [3.05, 3.63) is 54.1 Å². The van der Waals surface area contributed by atoms with Gasteiger partial charge in [0.1, 0.15) is 0 Å². The second-order valence-corrected chi connectivity index (χ2v) is 3.87. The Morgan fingerprint density at radius 3 is 2.62 bits per heavy atom. The highest BCUT2D eigenvalue weighted by Crippen LogP contribution is 2.21.